The van der Waals surface area contributed by atoms with Crippen LogP contribution in [0, 0.1) is 28.9 Å². The summed E-state index contributed by atoms with van der Waals surface area (Å²) < 4.78 is 29.2. The van der Waals surface area contributed by atoms with Gasteiger partial charge in [0, 0.05) is 11.8 Å². The molecular weight excluding hydrogens is 294 g/mol. The molecule has 1 atom stereocenters. The van der Waals surface area contributed by atoms with Crippen LogP contribution in [0.2, 0.25) is 0 Å². The number of hydrogen-bond donors (Lipinski definition) is 0. The van der Waals surface area contributed by atoms with Gasteiger partial charge in [-0.15, -0.1) is 0 Å². The van der Waals surface area contributed by atoms with Gasteiger partial charge in [-0.25, -0.2) is 8.78 Å². The maximum atomic E-state index is 14.9. The van der Waals surface area contributed by atoms with Gasteiger partial charge in [-0.2, -0.15) is 5.26 Å². The van der Waals surface area contributed by atoms with Gasteiger partial charge in [0.15, 0.2) is 5.82 Å². The highest BCUT2D eigenvalue weighted by Gasteiger charge is 2.34. The van der Waals surface area contributed by atoms with E-state index in [4.69, 9.17) is 5.26 Å². The first-order valence-electron chi connectivity index (χ1n) is 7.70. The van der Waals surface area contributed by atoms with E-state index in [0.29, 0.717) is 11.3 Å². The molecule has 0 aliphatic carbocycles. The van der Waals surface area contributed by atoms with Crippen molar-refractivity contribution in [2.75, 3.05) is 0 Å². The number of hydrogen-bond acceptors (Lipinski definition) is 2. The molecule has 1 aromatic carbocycles. The zero-order valence-electron chi connectivity index (χ0n) is 13.8. The molecule has 0 aliphatic rings. The molecule has 0 aliphatic heterocycles. The first kappa shape index (κ1) is 17.1. The number of benzene rings is 1. The minimum Gasteiger partial charge on any atom is -0.256 e. The second-order valence-electron chi connectivity index (χ2n) is 6.22. The Hall–Kier alpha value is -2.28. The van der Waals surface area contributed by atoms with Gasteiger partial charge in [0.25, 0.3) is 0 Å². The maximum absolute atomic E-state index is 14.9. The van der Waals surface area contributed by atoms with Crippen molar-refractivity contribution < 1.29 is 8.78 Å². The van der Waals surface area contributed by atoms with Crippen molar-refractivity contribution in [2.24, 2.45) is 5.92 Å². The predicted octanol–water partition coefficient (Wildman–Crippen LogP) is 5.22. The predicted molar refractivity (Wildman–Crippen MR) is 86.8 cm³/mol. The Bertz CT molecular complexity index is 748. The molecular formula is C19H20F2N2. The van der Waals surface area contributed by atoms with E-state index < -0.39 is 22.6 Å². The highest BCUT2D eigenvalue weighted by molar-refractivity contribution is 5.69. The summed E-state index contributed by atoms with van der Waals surface area (Å²) in [6, 6.07) is 8.08. The lowest BCUT2D eigenvalue weighted by atomic mass is 9.69. The van der Waals surface area contributed by atoms with Crippen LogP contribution in [0.4, 0.5) is 8.78 Å². The third-order valence-corrected chi connectivity index (χ3v) is 4.88. The summed E-state index contributed by atoms with van der Waals surface area (Å²) in [6.07, 6.45) is 2.28. The van der Waals surface area contributed by atoms with Gasteiger partial charge in [0.2, 0.25) is 0 Å². The smallest absolute Gasteiger partial charge is 0.153 e. The molecule has 2 rings (SSSR count). The minimum atomic E-state index is -0.832. The molecule has 0 fully saturated rings. The molecule has 0 spiro atoms. The Kier molecular flexibility index (Phi) is 4.79. The summed E-state index contributed by atoms with van der Waals surface area (Å²) >= 11 is 0. The average molecular weight is 314 g/mol. The normalized spacial score (nSPS) is 13.7. The molecule has 2 aromatic rings. The second kappa shape index (κ2) is 6.45. The fourth-order valence-electron chi connectivity index (χ4n) is 2.84. The lowest BCUT2D eigenvalue weighted by molar-refractivity contribution is 0.324. The van der Waals surface area contributed by atoms with Gasteiger partial charge in [-0.3, -0.25) is 4.98 Å². The molecule has 4 heteroatoms. The monoisotopic (exact) mass is 314 g/mol. The van der Waals surface area contributed by atoms with Gasteiger partial charge in [-0.1, -0.05) is 33.8 Å². The summed E-state index contributed by atoms with van der Waals surface area (Å²) in [4.78, 5) is 4.21. The molecule has 0 N–H and O–H groups in total. The van der Waals surface area contributed by atoms with Gasteiger partial charge < -0.3 is 0 Å². The number of pyridine rings is 1. The molecule has 0 saturated carbocycles. The molecule has 1 aromatic heterocycles. The molecule has 120 valence electrons. The van der Waals surface area contributed by atoms with Crippen molar-refractivity contribution in [1.82, 2.24) is 4.98 Å². The maximum Gasteiger partial charge on any atom is 0.153 e. The van der Waals surface area contributed by atoms with Crippen LogP contribution < -0.4 is 0 Å². The van der Waals surface area contributed by atoms with E-state index in [1.54, 1.807) is 30.5 Å². The highest BCUT2D eigenvalue weighted by Crippen LogP contribution is 2.42. The van der Waals surface area contributed by atoms with Gasteiger partial charge in [0.1, 0.15) is 17.4 Å². The lowest BCUT2D eigenvalue weighted by Crippen LogP contribution is -2.29. The Morgan fingerprint density at radius 2 is 2.00 bits per heavy atom. The summed E-state index contributed by atoms with van der Waals surface area (Å²) in [5.74, 6) is -1.48. The fraction of sp³-hybridized carbons (Fsp3) is 0.368. The van der Waals surface area contributed by atoms with Gasteiger partial charge in [-0.05, 0) is 41.5 Å². The summed E-state index contributed by atoms with van der Waals surface area (Å²) in [5.41, 5.74) is 0.209. The van der Waals surface area contributed by atoms with Crippen LogP contribution >= 0.6 is 0 Å². The second-order valence-corrected chi connectivity index (χ2v) is 6.22. The zero-order valence-corrected chi connectivity index (χ0v) is 13.8. The van der Waals surface area contributed by atoms with Crippen LogP contribution in [0.5, 0.6) is 0 Å². The Balaban J connectivity index is 2.90. The largest absolute Gasteiger partial charge is 0.256 e. The molecule has 0 bridgehead atoms. The average Bonchev–Trinajstić information content (AvgIpc) is 2.54. The van der Waals surface area contributed by atoms with Crippen molar-refractivity contribution in [3.63, 3.8) is 0 Å². The molecule has 1 unspecified atom stereocenters. The number of nitriles is 1. The summed E-state index contributed by atoms with van der Waals surface area (Å²) in [5, 5.41) is 9.08. The molecule has 0 amide bonds. The van der Waals surface area contributed by atoms with E-state index in [9.17, 15) is 8.78 Å². The van der Waals surface area contributed by atoms with E-state index in [1.807, 2.05) is 27.7 Å². The number of rotatable bonds is 4. The third kappa shape index (κ3) is 2.84. The van der Waals surface area contributed by atoms with E-state index in [1.165, 1.54) is 6.07 Å². The van der Waals surface area contributed by atoms with Gasteiger partial charge >= 0.3 is 0 Å². The minimum absolute atomic E-state index is 0.168. The highest BCUT2D eigenvalue weighted by atomic mass is 19.1. The van der Waals surface area contributed by atoms with E-state index in [-0.39, 0.29) is 11.5 Å². The van der Waals surface area contributed by atoms with Crippen molar-refractivity contribution in [2.45, 2.75) is 39.5 Å². The van der Waals surface area contributed by atoms with Crippen LogP contribution in [0.1, 0.15) is 45.2 Å². The van der Waals surface area contributed by atoms with Crippen LogP contribution in [-0.2, 0) is 5.41 Å². The molecule has 2 nitrogen and oxygen atoms in total. The van der Waals surface area contributed by atoms with Crippen molar-refractivity contribution in [3.05, 3.63) is 53.2 Å². The number of nitrogens with zero attached hydrogens (tertiary/aromatic N) is 2. The summed E-state index contributed by atoms with van der Waals surface area (Å²) in [7, 11) is 0. The molecule has 1 heterocycles. The van der Waals surface area contributed by atoms with Crippen LogP contribution in [0.25, 0.3) is 11.3 Å². The van der Waals surface area contributed by atoms with Crippen molar-refractivity contribution in [1.29, 1.82) is 5.26 Å². The van der Waals surface area contributed by atoms with Crippen LogP contribution in [0.15, 0.2) is 30.5 Å². The zero-order chi connectivity index (χ0) is 17.2. The van der Waals surface area contributed by atoms with Crippen LogP contribution in [0.3, 0.4) is 0 Å². The first-order valence-corrected chi connectivity index (χ1v) is 7.70. The number of halogens is 2. The standard InChI is InChI=1S/C19H20F2N2/c1-5-19(4,12(2)3)14-10-15(20)13(11-22)18(21)17(14)16-8-6-7-9-23-16/h6-10,12H,5H2,1-4H3. The quantitative estimate of drug-likeness (QED) is 0.775. The third-order valence-electron chi connectivity index (χ3n) is 4.88. The van der Waals surface area contributed by atoms with Crippen molar-refractivity contribution >= 4 is 0 Å². The fourth-order valence-corrected chi connectivity index (χ4v) is 2.84. The SMILES string of the molecule is CCC(C)(c1cc(F)c(C#N)c(F)c1-c1ccccn1)C(C)C. The Morgan fingerprint density at radius 3 is 2.48 bits per heavy atom. The Labute approximate surface area is 135 Å². The van der Waals surface area contributed by atoms with E-state index in [0.717, 1.165) is 6.42 Å². The lowest BCUT2D eigenvalue weighted by Gasteiger charge is -2.35. The van der Waals surface area contributed by atoms with Crippen LogP contribution in [-0.4, -0.2) is 4.98 Å². The first-order chi connectivity index (χ1) is 10.9. The summed E-state index contributed by atoms with van der Waals surface area (Å²) in [6.45, 7) is 8.04. The number of aromatic nitrogens is 1. The van der Waals surface area contributed by atoms with Gasteiger partial charge in [0.05, 0.1) is 5.69 Å². The molecule has 0 radical (unpaired) electrons. The van der Waals surface area contributed by atoms with E-state index in [2.05, 4.69) is 4.98 Å². The van der Waals surface area contributed by atoms with E-state index >= 15 is 0 Å². The Morgan fingerprint density at radius 1 is 1.30 bits per heavy atom. The molecule has 23 heavy (non-hydrogen) atoms. The topological polar surface area (TPSA) is 36.7 Å². The molecule has 0 saturated heterocycles. The van der Waals surface area contributed by atoms with Crippen molar-refractivity contribution in [3.8, 4) is 17.3 Å².